The van der Waals surface area contributed by atoms with Crippen LogP contribution in [0, 0.1) is 0 Å². The number of nitrogens with zero attached hydrogens (tertiary/aromatic N) is 2. The Balaban J connectivity index is 0.951. The number of fused-ring (bicyclic) bond motifs is 3. The Labute approximate surface area is 371 Å². The van der Waals surface area contributed by atoms with Crippen LogP contribution in [-0.2, 0) is 6.42 Å². The van der Waals surface area contributed by atoms with E-state index in [4.69, 9.17) is 0 Å². The molecular formula is C61H48N2. The summed E-state index contributed by atoms with van der Waals surface area (Å²) < 4.78 is 2.58. The van der Waals surface area contributed by atoms with E-state index in [1.165, 1.54) is 83.8 Å². The van der Waals surface area contributed by atoms with Gasteiger partial charge in [-0.2, -0.15) is 0 Å². The predicted octanol–water partition coefficient (Wildman–Crippen LogP) is 16.8. The van der Waals surface area contributed by atoms with Crippen LogP contribution in [0.1, 0.15) is 48.2 Å². The average molecular weight is 809 g/mol. The van der Waals surface area contributed by atoms with Crippen molar-refractivity contribution in [1.29, 1.82) is 0 Å². The molecule has 2 heteroatoms. The van der Waals surface area contributed by atoms with E-state index < -0.39 is 0 Å². The van der Waals surface area contributed by atoms with Gasteiger partial charge in [0.1, 0.15) is 0 Å². The molecule has 63 heavy (non-hydrogen) atoms. The highest BCUT2D eigenvalue weighted by Crippen LogP contribution is 2.44. The monoisotopic (exact) mass is 808 g/mol. The van der Waals surface area contributed by atoms with E-state index in [-0.39, 0.29) is 0 Å². The molecule has 8 aromatic carbocycles. The number of allylic oxidation sites excluding steroid dienone is 2. The summed E-state index contributed by atoms with van der Waals surface area (Å²) in [7, 11) is 0. The highest BCUT2D eigenvalue weighted by atomic mass is 15.1. The van der Waals surface area contributed by atoms with Crippen molar-refractivity contribution < 1.29 is 0 Å². The number of hydrogen-bond donors (Lipinski definition) is 0. The molecule has 2 aliphatic carbocycles. The summed E-state index contributed by atoms with van der Waals surface area (Å²) in [6.07, 6.45) is 12.7. The van der Waals surface area contributed by atoms with Gasteiger partial charge in [0.05, 0.1) is 5.69 Å². The van der Waals surface area contributed by atoms with Crippen LogP contribution < -0.4 is 4.90 Å². The van der Waals surface area contributed by atoms with E-state index in [2.05, 4.69) is 247 Å². The van der Waals surface area contributed by atoms with Gasteiger partial charge in [-0.1, -0.05) is 183 Å². The topological polar surface area (TPSA) is 8.17 Å². The second-order valence-corrected chi connectivity index (χ2v) is 16.9. The highest BCUT2D eigenvalue weighted by molar-refractivity contribution is 5.85. The zero-order valence-electron chi connectivity index (χ0n) is 35.5. The van der Waals surface area contributed by atoms with Crippen molar-refractivity contribution in [1.82, 2.24) is 4.57 Å². The SMILES string of the molecule is CC1CC=Cc2c1c1c(n2-c2ccc(-c3ccccc3)cc2-c2ccc(-c3ccc(N(c4ccc(-c5ccccc5)cc4)c4ccc(-c5ccccc5)cc4)cc3)cc2)CCC=C1. The molecule has 1 atom stereocenters. The molecule has 0 saturated heterocycles. The maximum atomic E-state index is 2.58. The minimum Gasteiger partial charge on any atom is -0.313 e. The summed E-state index contributed by atoms with van der Waals surface area (Å²) in [5.74, 6) is 0.493. The van der Waals surface area contributed by atoms with Crippen molar-refractivity contribution in [3.05, 3.63) is 241 Å². The first-order valence-electron chi connectivity index (χ1n) is 22.3. The summed E-state index contributed by atoms with van der Waals surface area (Å²) in [6.45, 7) is 2.38. The van der Waals surface area contributed by atoms with Gasteiger partial charge in [0, 0.05) is 34.0 Å². The van der Waals surface area contributed by atoms with Gasteiger partial charge >= 0.3 is 0 Å². The van der Waals surface area contributed by atoms with Gasteiger partial charge in [0.25, 0.3) is 0 Å². The normalized spacial score (nSPS) is 14.0. The van der Waals surface area contributed by atoms with Crippen molar-refractivity contribution in [3.63, 3.8) is 0 Å². The van der Waals surface area contributed by atoms with Crippen molar-refractivity contribution in [2.45, 2.75) is 32.1 Å². The largest absolute Gasteiger partial charge is 0.313 e. The summed E-state index contributed by atoms with van der Waals surface area (Å²) in [5.41, 5.74) is 22.4. The minimum atomic E-state index is 0.493. The highest BCUT2D eigenvalue weighted by Gasteiger charge is 2.28. The zero-order chi connectivity index (χ0) is 42.1. The van der Waals surface area contributed by atoms with Gasteiger partial charge in [0.15, 0.2) is 0 Å². The molecule has 0 amide bonds. The fraction of sp³-hybridized carbons (Fsp3) is 0.0820. The Hall–Kier alpha value is -7.68. The van der Waals surface area contributed by atoms with Crippen LogP contribution in [0.25, 0.3) is 73.5 Å². The van der Waals surface area contributed by atoms with E-state index in [0.29, 0.717) is 5.92 Å². The Morgan fingerprint density at radius 2 is 0.857 bits per heavy atom. The maximum absolute atomic E-state index is 2.58. The van der Waals surface area contributed by atoms with Crippen molar-refractivity contribution >= 4 is 29.2 Å². The lowest BCUT2D eigenvalue weighted by Gasteiger charge is -2.26. The quantitative estimate of drug-likeness (QED) is 0.141. The van der Waals surface area contributed by atoms with Crippen LogP contribution in [0.3, 0.4) is 0 Å². The molecule has 0 saturated carbocycles. The first-order valence-corrected chi connectivity index (χ1v) is 22.3. The average Bonchev–Trinajstić information content (AvgIpc) is 3.71. The third kappa shape index (κ3) is 7.34. The van der Waals surface area contributed by atoms with E-state index in [1.807, 2.05) is 0 Å². The van der Waals surface area contributed by atoms with Crippen molar-refractivity contribution in [3.8, 4) is 61.3 Å². The number of rotatable bonds is 9. The van der Waals surface area contributed by atoms with Crippen molar-refractivity contribution in [2.24, 2.45) is 0 Å². The van der Waals surface area contributed by atoms with Gasteiger partial charge in [-0.05, 0) is 141 Å². The number of hydrogen-bond acceptors (Lipinski definition) is 1. The second kappa shape index (κ2) is 16.6. The first-order chi connectivity index (χ1) is 31.2. The molecule has 0 N–H and O–H groups in total. The van der Waals surface area contributed by atoms with E-state index in [1.54, 1.807) is 0 Å². The maximum Gasteiger partial charge on any atom is 0.0537 e. The minimum absolute atomic E-state index is 0.493. The number of aromatic nitrogens is 1. The second-order valence-electron chi connectivity index (χ2n) is 16.9. The summed E-state index contributed by atoms with van der Waals surface area (Å²) in [5, 5.41) is 0. The lowest BCUT2D eigenvalue weighted by atomic mass is 9.88. The van der Waals surface area contributed by atoms with Gasteiger partial charge in [0.2, 0.25) is 0 Å². The molecule has 1 aromatic heterocycles. The smallest absolute Gasteiger partial charge is 0.0537 e. The summed E-state index contributed by atoms with van der Waals surface area (Å²) >= 11 is 0. The molecule has 0 spiro atoms. The van der Waals surface area contributed by atoms with E-state index in [0.717, 1.165) is 36.3 Å². The molecule has 2 aliphatic rings. The van der Waals surface area contributed by atoms with Crippen LogP contribution in [0.5, 0.6) is 0 Å². The number of benzene rings is 8. The standard InChI is InChI=1S/C61H48N2/c1-43-14-13-23-60-61(43)56-21-11-12-22-58(56)63(60)59-41-34-52(46-19-9-4-10-20-46)42-57(59)51-26-24-47(25-27-51)50-32-39-55(40-33-50)62(53-35-28-48(29-36-53)44-15-5-2-6-16-44)54-37-30-49(31-38-54)45-17-7-3-8-18-45/h2-11,13,15-21,23-43H,12,14,22H2,1H3. The fourth-order valence-corrected chi connectivity index (χ4v) is 9.72. The molecule has 9 aromatic rings. The zero-order valence-corrected chi connectivity index (χ0v) is 35.5. The van der Waals surface area contributed by atoms with Crippen LogP contribution in [0.4, 0.5) is 17.1 Å². The summed E-state index contributed by atoms with van der Waals surface area (Å²) in [4.78, 5) is 2.35. The van der Waals surface area contributed by atoms with Crippen molar-refractivity contribution in [2.75, 3.05) is 4.90 Å². The molecule has 302 valence electrons. The predicted molar refractivity (Wildman–Crippen MR) is 267 cm³/mol. The molecule has 1 unspecified atom stereocenters. The third-order valence-electron chi connectivity index (χ3n) is 12.9. The Morgan fingerprint density at radius 3 is 1.37 bits per heavy atom. The number of anilines is 3. The van der Waals surface area contributed by atoms with Crippen LogP contribution >= 0.6 is 0 Å². The van der Waals surface area contributed by atoms with Crippen LogP contribution in [0.2, 0.25) is 0 Å². The molecule has 2 nitrogen and oxygen atoms in total. The fourth-order valence-electron chi connectivity index (χ4n) is 9.72. The Bertz CT molecular complexity index is 3000. The Kier molecular flexibility index (Phi) is 10.1. The molecule has 11 rings (SSSR count). The molecule has 1 heterocycles. The van der Waals surface area contributed by atoms with E-state index in [9.17, 15) is 0 Å². The lowest BCUT2D eigenvalue weighted by molar-refractivity contribution is 0.766. The van der Waals surface area contributed by atoms with Gasteiger partial charge < -0.3 is 9.47 Å². The van der Waals surface area contributed by atoms with Gasteiger partial charge in [-0.25, -0.2) is 0 Å². The van der Waals surface area contributed by atoms with Crippen LogP contribution in [0.15, 0.2) is 218 Å². The molecule has 0 bridgehead atoms. The Morgan fingerprint density at radius 1 is 0.429 bits per heavy atom. The van der Waals surface area contributed by atoms with Gasteiger partial charge in [-0.15, -0.1) is 0 Å². The molecule has 0 radical (unpaired) electrons. The van der Waals surface area contributed by atoms with Crippen LogP contribution in [-0.4, -0.2) is 4.57 Å². The third-order valence-corrected chi connectivity index (χ3v) is 12.9. The summed E-state index contributed by atoms with van der Waals surface area (Å²) in [6, 6.07) is 75.0. The first kappa shape index (κ1) is 38.3. The molecule has 0 aliphatic heterocycles. The van der Waals surface area contributed by atoms with E-state index >= 15 is 0 Å². The molecular weight excluding hydrogens is 761 g/mol. The lowest BCUT2D eigenvalue weighted by Crippen LogP contribution is -2.09. The van der Waals surface area contributed by atoms with Gasteiger partial charge in [-0.3, -0.25) is 0 Å². The molecule has 0 fully saturated rings.